The van der Waals surface area contributed by atoms with Crippen molar-refractivity contribution in [3.05, 3.63) is 40.8 Å². The molecule has 7 nitrogen and oxygen atoms in total. The number of carbonyl (C=O) groups is 1. The van der Waals surface area contributed by atoms with Gasteiger partial charge in [0, 0.05) is 26.2 Å². The predicted molar refractivity (Wildman–Crippen MR) is 121 cm³/mol. The lowest BCUT2D eigenvalue weighted by molar-refractivity contribution is 0.0376. The van der Waals surface area contributed by atoms with E-state index in [1.54, 1.807) is 17.0 Å². The molecule has 1 amide bonds. The van der Waals surface area contributed by atoms with Crippen molar-refractivity contribution in [1.29, 1.82) is 0 Å². The van der Waals surface area contributed by atoms with Gasteiger partial charge in [-0.05, 0) is 59.6 Å². The molecular formula is C21H24BrN3O4S. The number of halogens is 1. The maximum absolute atomic E-state index is 13.2. The van der Waals surface area contributed by atoms with Crippen LogP contribution in [0.5, 0.6) is 5.75 Å². The molecule has 0 spiro atoms. The molecule has 1 aliphatic heterocycles. The Balaban J connectivity index is 1.55. The zero-order valence-electron chi connectivity index (χ0n) is 16.8. The van der Waals surface area contributed by atoms with Gasteiger partial charge >= 0.3 is 0 Å². The lowest BCUT2D eigenvalue weighted by atomic mass is 10.3. The molecule has 2 aromatic heterocycles. The maximum Gasteiger partial charge on any atom is 0.295 e. The molecule has 4 rings (SSSR count). The molecule has 0 bridgehead atoms. The van der Waals surface area contributed by atoms with Crippen LogP contribution in [0.2, 0.25) is 0 Å². The summed E-state index contributed by atoms with van der Waals surface area (Å²) in [4.78, 5) is 22.0. The smallest absolute Gasteiger partial charge is 0.295 e. The molecule has 1 saturated heterocycles. The molecule has 0 unspecified atom stereocenters. The minimum atomic E-state index is -0.188. The van der Waals surface area contributed by atoms with E-state index < -0.39 is 0 Å². The predicted octanol–water partition coefficient (Wildman–Crippen LogP) is 4.42. The standard InChI is InChI=1S/C21H24BrN3O4S/c1-2-28-15-4-5-16-18(14-15)30-21(23-16)25(20(26)17-6-7-19(22)29-17)9-3-8-24-10-12-27-13-11-24/h4-7,14H,2-3,8-13H2,1H3. The van der Waals surface area contributed by atoms with Crippen LogP contribution in [-0.4, -0.2) is 61.8 Å². The van der Waals surface area contributed by atoms with Gasteiger partial charge in [-0.1, -0.05) is 11.3 Å². The number of anilines is 1. The van der Waals surface area contributed by atoms with Crippen LogP contribution in [0.4, 0.5) is 5.13 Å². The molecule has 0 N–H and O–H groups in total. The lowest BCUT2D eigenvalue weighted by Crippen LogP contribution is -2.39. The van der Waals surface area contributed by atoms with Crippen molar-refractivity contribution in [2.24, 2.45) is 0 Å². The number of hydrogen-bond donors (Lipinski definition) is 0. The van der Waals surface area contributed by atoms with Gasteiger partial charge in [-0.25, -0.2) is 4.98 Å². The summed E-state index contributed by atoms with van der Waals surface area (Å²) in [6, 6.07) is 9.22. The maximum atomic E-state index is 13.2. The summed E-state index contributed by atoms with van der Waals surface area (Å²) in [5.74, 6) is 0.912. The van der Waals surface area contributed by atoms with Crippen LogP contribution in [0, 0.1) is 0 Å². The number of ether oxygens (including phenoxy) is 2. The minimum Gasteiger partial charge on any atom is -0.494 e. The summed E-state index contributed by atoms with van der Waals surface area (Å²) in [5, 5.41) is 0.665. The molecule has 0 atom stereocenters. The van der Waals surface area contributed by atoms with Crippen LogP contribution in [0.15, 0.2) is 39.4 Å². The fourth-order valence-electron chi connectivity index (χ4n) is 3.39. The number of rotatable bonds is 8. The number of hydrogen-bond acceptors (Lipinski definition) is 7. The number of furan rings is 1. The molecule has 30 heavy (non-hydrogen) atoms. The highest BCUT2D eigenvalue weighted by Crippen LogP contribution is 2.32. The van der Waals surface area contributed by atoms with E-state index in [9.17, 15) is 4.79 Å². The van der Waals surface area contributed by atoms with Crippen LogP contribution < -0.4 is 9.64 Å². The third kappa shape index (κ3) is 5.03. The van der Waals surface area contributed by atoms with Crippen LogP contribution >= 0.6 is 27.3 Å². The second-order valence-electron chi connectivity index (χ2n) is 6.93. The highest BCUT2D eigenvalue weighted by Gasteiger charge is 2.24. The summed E-state index contributed by atoms with van der Waals surface area (Å²) in [7, 11) is 0. The van der Waals surface area contributed by atoms with E-state index in [4.69, 9.17) is 18.9 Å². The summed E-state index contributed by atoms with van der Waals surface area (Å²) in [6.07, 6.45) is 0.841. The number of nitrogens with zero attached hydrogens (tertiary/aromatic N) is 3. The van der Waals surface area contributed by atoms with Gasteiger partial charge in [-0.3, -0.25) is 14.6 Å². The molecule has 9 heteroatoms. The fraction of sp³-hybridized carbons (Fsp3) is 0.429. The molecule has 160 valence electrons. The quantitative estimate of drug-likeness (QED) is 0.462. The van der Waals surface area contributed by atoms with Gasteiger partial charge in [0.05, 0.1) is 30.0 Å². The van der Waals surface area contributed by atoms with E-state index in [-0.39, 0.29) is 5.91 Å². The Kier molecular flexibility index (Phi) is 7.04. The van der Waals surface area contributed by atoms with E-state index in [0.29, 0.717) is 28.7 Å². The van der Waals surface area contributed by atoms with E-state index in [1.165, 1.54) is 11.3 Å². The Hall–Kier alpha value is -1.94. The summed E-state index contributed by atoms with van der Waals surface area (Å²) in [6.45, 7) is 7.43. The number of amides is 1. The number of aromatic nitrogens is 1. The first-order valence-corrected chi connectivity index (χ1v) is 11.7. The van der Waals surface area contributed by atoms with Gasteiger partial charge in [0.15, 0.2) is 15.6 Å². The van der Waals surface area contributed by atoms with Gasteiger partial charge < -0.3 is 13.9 Å². The highest BCUT2D eigenvalue weighted by molar-refractivity contribution is 9.10. The van der Waals surface area contributed by atoms with E-state index in [1.807, 2.05) is 25.1 Å². The molecule has 3 heterocycles. The van der Waals surface area contributed by atoms with Crippen LogP contribution in [-0.2, 0) is 4.74 Å². The Morgan fingerprint density at radius 1 is 1.30 bits per heavy atom. The van der Waals surface area contributed by atoms with Crippen molar-refractivity contribution >= 4 is 48.5 Å². The van der Waals surface area contributed by atoms with Crippen LogP contribution in [0.3, 0.4) is 0 Å². The molecule has 0 saturated carbocycles. The van der Waals surface area contributed by atoms with Crippen LogP contribution in [0.1, 0.15) is 23.9 Å². The van der Waals surface area contributed by atoms with E-state index in [0.717, 1.165) is 55.2 Å². The van der Waals surface area contributed by atoms with Crippen molar-refractivity contribution in [3.63, 3.8) is 0 Å². The van der Waals surface area contributed by atoms with Crippen molar-refractivity contribution in [2.45, 2.75) is 13.3 Å². The molecule has 1 fully saturated rings. The molecule has 0 aliphatic carbocycles. The van der Waals surface area contributed by atoms with Crippen molar-refractivity contribution < 1.29 is 18.7 Å². The monoisotopic (exact) mass is 493 g/mol. The molecule has 3 aromatic rings. The first-order valence-electron chi connectivity index (χ1n) is 10.0. The van der Waals surface area contributed by atoms with Gasteiger partial charge in [-0.15, -0.1) is 0 Å². The Labute approximate surface area is 187 Å². The largest absolute Gasteiger partial charge is 0.494 e. The summed E-state index contributed by atoms with van der Waals surface area (Å²) < 4.78 is 18.1. The average molecular weight is 494 g/mol. The van der Waals surface area contributed by atoms with Crippen LogP contribution in [0.25, 0.3) is 10.2 Å². The number of fused-ring (bicyclic) bond motifs is 1. The number of benzene rings is 1. The Morgan fingerprint density at radius 2 is 2.13 bits per heavy atom. The van der Waals surface area contributed by atoms with Gasteiger partial charge in [0.2, 0.25) is 0 Å². The van der Waals surface area contributed by atoms with Crippen molar-refractivity contribution in [2.75, 3.05) is 50.9 Å². The van der Waals surface area contributed by atoms with Gasteiger partial charge in [-0.2, -0.15) is 0 Å². The molecule has 0 radical (unpaired) electrons. The number of morpholine rings is 1. The second-order valence-corrected chi connectivity index (χ2v) is 8.72. The number of carbonyl (C=O) groups excluding carboxylic acids is 1. The Bertz CT molecular complexity index is 999. The van der Waals surface area contributed by atoms with Gasteiger partial charge in [0.25, 0.3) is 5.91 Å². The molecule has 1 aromatic carbocycles. The van der Waals surface area contributed by atoms with Crippen molar-refractivity contribution in [3.8, 4) is 5.75 Å². The average Bonchev–Trinajstić information content (AvgIpc) is 3.37. The zero-order chi connectivity index (χ0) is 20.9. The van der Waals surface area contributed by atoms with Crippen molar-refractivity contribution in [1.82, 2.24) is 9.88 Å². The topological polar surface area (TPSA) is 68.0 Å². The highest BCUT2D eigenvalue weighted by atomic mass is 79.9. The SMILES string of the molecule is CCOc1ccc2nc(N(CCCN3CCOCC3)C(=O)c3ccc(Br)o3)sc2c1. The second kappa shape index (κ2) is 9.91. The van der Waals surface area contributed by atoms with Gasteiger partial charge in [0.1, 0.15) is 5.75 Å². The van der Waals surface area contributed by atoms with E-state index in [2.05, 4.69) is 20.8 Å². The lowest BCUT2D eigenvalue weighted by Gasteiger charge is -2.27. The molecular weight excluding hydrogens is 470 g/mol. The summed E-state index contributed by atoms with van der Waals surface area (Å²) in [5.41, 5.74) is 0.852. The minimum absolute atomic E-state index is 0.188. The Morgan fingerprint density at radius 3 is 2.87 bits per heavy atom. The summed E-state index contributed by atoms with van der Waals surface area (Å²) >= 11 is 4.77. The third-order valence-corrected chi connectivity index (χ3v) is 6.35. The molecule has 1 aliphatic rings. The first-order chi connectivity index (χ1) is 14.6. The van der Waals surface area contributed by atoms with E-state index >= 15 is 0 Å². The first kappa shape index (κ1) is 21.3. The third-order valence-electron chi connectivity index (χ3n) is 4.88. The zero-order valence-corrected chi connectivity index (χ0v) is 19.2. The number of thiazole rings is 1. The fourth-order valence-corrected chi connectivity index (χ4v) is 4.71. The normalized spacial score (nSPS) is 14.9.